The van der Waals surface area contributed by atoms with Crippen LogP contribution in [0.1, 0.15) is 16.8 Å². The van der Waals surface area contributed by atoms with Crippen LogP contribution in [0.3, 0.4) is 0 Å². The predicted octanol–water partition coefficient (Wildman–Crippen LogP) is 2.27. The van der Waals surface area contributed by atoms with Gasteiger partial charge >= 0.3 is 0 Å². The van der Waals surface area contributed by atoms with E-state index >= 15 is 0 Å². The minimum atomic E-state index is -4.30. The molecule has 1 atom stereocenters. The molecule has 2 rings (SSSR count). The lowest BCUT2D eigenvalue weighted by atomic mass is 10.2. The number of nitrogens with zero attached hydrogens (tertiary/aromatic N) is 1. The van der Waals surface area contributed by atoms with Gasteiger partial charge in [0.25, 0.3) is 15.0 Å². The molecular formula is C12H12Cl2FNO4S. The van der Waals surface area contributed by atoms with Gasteiger partial charge in [-0.3, -0.25) is 4.79 Å². The Morgan fingerprint density at radius 3 is 2.67 bits per heavy atom. The van der Waals surface area contributed by atoms with Crippen molar-refractivity contribution in [2.24, 2.45) is 0 Å². The second-order valence-corrected chi connectivity index (χ2v) is 7.54. The van der Waals surface area contributed by atoms with Gasteiger partial charge in [-0.05, 0) is 18.6 Å². The standard InChI is InChI=1S/C12H12Cl2FNO4S/c1-20-7-2-3-16(6-7)12(17)8-4-11(21(14,18)19)10(15)5-9(8)13/h4-5,7H,2-3,6H2,1H3. The van der Waals surface area contributed by atoms with E-state index in [1.165, 1.54) is 4.90 Å². The molecule has 0 radical (unpaired) electrons. The van der Waals surface area contributed by atoms with E-state index in [1.54, 1.807) is 7.11 Å². The molecule has 5 nitrogen and oxygen atoms in total. The third-order valence-corrected chi connectivity index (χ3v) is 4.93. The van der Waals surface area contributed by atoms with Crippen LogP contribution in [0.2, 0.25) is 5.02 Å². The molecule has 1 unspecified atom stereocenters. The van der Waals surface area contributed by atoms with Gasteiger partial charge in [0.2, 0.25) is 0 Å². The molecular weight excluding hydrogens is 344 g/mol. The molecule has 0 aliphatic carbocycles. The molecule has 116 valence electrons. The first-order valence-corrected chi connectivity index (χ1v) is 8.68. The number of carbonyl (C=O) groups excluding carboxylic acids is 1. The summed E-state index contributed by atoms with van der Waals surface area (Å²) in [6.45, 7) is 0.819. The minimum Gasteiger partial charge on any atom is -0.380 e. The number of hydrogen-bond acceptors (Lipinski definition) is 4. The van der Waals surface area contributed by atoms with Gasteiger partial charge in [-0.25, -0.2) is 12.8 Å². The molecule has 1 aromatic carbocycles. The fourth-order valence-electron chi connectivity index (χ4n) is 2.16. The largest absolute Gasteiger partial charge is 0.380 e. The second-order valence-electron chi connectivity index (χ2n) is 4.60. The number of likely N-dealkylation sites (tertiary alicyclic amines) is 1. The molecule has 0 N–H and O–H groups in total. The number of methoxy groups -OCH3 is 1. The van der Waals surface area contributed by atoms with E-state index in [0.29, 0.717) is 19.5 Å². The van der Waals surface area contributed by atoms with E-state index in [2.05, 4.69) is 0 Å². The Bertz CT molecular complexity index is 680. The van der Waals surface area contributed by atoms with Gasteiger partial charge < -0.3 is 9.64 Å². The van der Waals surface area contributed by atoms with Crippen LogP contribution in [-0.4, -0.2) is 45.5 Å². The number of amides is 1. The topological polar surface area (TPSA) is 63.7 Å². The zero-order valence-corrected chi connectivity index (χ0v) is 13.3. The summed E-state index contributed by atoms with van der Waals surface area (Å²) in [5.41, 5.74) is -0.103. The summed E-state index contributed by atoms with van der Waals surface area (Å²) in [5.74, 6) is -1.58. The van der Waals surface area contributed by atoms with Gasteiger partial charge in [-0.2, -0.15) is 0 Å². The van der Waals surface area contributed by atoms with Crippen molar-refractivity contribution in [3.63, 3.8) is 0 Å². The van der Waals surface area contributed by atoms with Gasteiger partial charge in [0.1, 0.15) is 10.7 Å². The van der Waals surface area contributed by atoms with Gasteiger partial charge in [0, 0.05) is 30.9 Å². The van der Waals surface area contributed by atoms with E-state index in [4.69, 9.17) is 27.0 Å². The van der Waals surface area contributed by atoms with Gasteiger partial charge in [-0.15, -0.1) is 0 Å². The molecule has 0 bridgehead atoms. The number of benzene rings is 1. The van der Waals surface area contributed by atoms with Crippen LogP contribution in [0.5, 0.6) is 0 Å². The lowest BCUT2D eigenvalue weighted by molar-refractivity contribution is 0.0724. The molecule has 1 aliphatic heterocycles. The summed E-state index contributed by atoms with van der Waals surface area (Å²) in [7, 11) is 2.38. The average molecular weight is 356 g/mol. The second kappa shape index (κ2) is 6.08. The van der Waals surface area contributed by atoms with E-state index < -0.39 is 25.7 Å². The Labute approximate surface area is 131 Å². The smallest absolute Gasteiger partial charge is 0.264 e. The quantitative estimate of drug-likeness (QED) is 0.780. The summed E-state index contributed by atoms with van der Waals surface area (Å²) >= 11 is 5.84. The maximum absolute atomic E-state index is 13.6. The lowest BCUT2D eigenvalue weighted by Crippen LogP contribution is -2.30. The minimum absolute atomic E-state index is 0.0793. The molecule has 0 saturated carbocycles. The number of hydrogen-bond donors (Lipinski definition) is 0. The molecule has 0 spiro atoms. The van der Waals surface area contributed by atoms with Crippen molar-refractivity contribution in [1.29, 1.82) is 0 Å². The van der Waals surface area contributed by atoms with Crippen LogP contribution in [-0.2, 0) is 13.8 Å². The molecule has 1 amide bonds. The lowest BCUT2D eigenvalue weighted by Gasteiger charge is -2.17. The van der Waals surface area contributed by atoms with E-state index in [9.17, 15) is 17.6 Å². The van der Waals surface area contributed by atoms with Gasteiger partial charge in [0.15, 0.2) is 0 Å². The highest BCUT2D eigenvalue weighted by Gasteiger charge is 2.29. The Morgan fingerprint density at radius 1 is 1.48 bits per heavy atom. The van der Waals surface area contributed by atoms with E-state index in [-0.39, 0.29) is 16.7 Å². The highest BCUT2D eigenvalue weighted by atomic mass is 35.7. The first-order valence-electron chi connectivity index (χ1n) is 6.00. The van der Waals surface area contributed by atoms with Crippen LogP contribution < -0.4 is 0 Å². The third-order valence-electron chi connectivity index (χ3n) is 3.28. The summed E-state index contributed by atoms with van der Waals surface area (Å²) in [6, 6.07) is 1.64. The van der Waals surface area contributed by atoms with Crippen molar-refractivity contribution in [3.05, 3.63) is 28.5 Å². The molecule has 1 heterocycles. The van der Waals surface area contributed by atoms with Crippen LogP contribution in [0.15, 0.2) is 17.0 Å². The maximum Gasteiger partial charge on any atom is 0.264 e. The van der Waals surface area contributed by atoms with Crippen LogP contribution in [0, 0.1) is 5.82 Å². The van der Waals surface area contributed by atoms with Crippen molar-refractivity contribution in [2.75, 3.05) is 20.2 Å². The van der Waals surface area contributed by atoms with Crippen LogP contribution >= 0.6 is 22.3 Å². The van der Waals surface area contributed by atoms with Crippen molar-refractivity contribution in [1.82, 2.24) is 4.90 Å². The monoisotopic (exact) mass is 355 g/mol. The maximum atomic E-state index is 13.6. The summed E-state index contributed by atoms with van der Waals surface area (Å²) < 4.78 is 41.3. The number of ether oxygens (including phenoxy) is 1. The van der Waals surface area contributed by atoms with Crippen molar-refractivity contribution >= 4 is 37.2 Å². The van der Waals surface area contributed by atoms with Crippen molar-refractivity contribution < 1.29 is 22.3 Å². The highest BCUT2D eigenvalue weighted by Crippen LogP contribution is 2.28. The van der Waals surface area contributed by atoms with Gasteiger partial charge in [-0.1, -0.05) is 11.6 Å². The Hall–Kier alpha value is -0.890. The average Bonchev–Trinajstić information content (AvgIpc) is 2.85. The van der Waals surface area contributed by atoms with Gasteiger partial charge in [0.05, 0.1) is 16.7 Å². The zero-order valence-electron chi connectivity index (χ0n) is 11.0. The SMILES string of the molecule is COC1CCN(C(=O)c2cc(S(=O)(=O)Cl)c(F)cc2Cl)C1. The fourth-order valence-corrected chi connectivity index (χ4v) is 3.29. The van der Waals surface area contributed by atoms with E-state index in [1.807, 2.05) is 0 Å². The summed E-state index contributed by atoms with van der Waals surface area (Å²) in [5, 5.41) is -0.164. The van der Waals surface area contributed by atoms with Crippen molar-refractivity contribution in [2.45, 2.75) is 17.4 Å². The molecule has 1 fully saturated rings. The van der Waals surface area contributed by atoms with Crippen molar-refractivity contribution in [3.8, 4) is 0 Å². The zero-order chi connectivity index (χ0) is 15.8. The summed E-state index contributed by atoms with van der Waals surface area (Å²) in [4.78, 5) is 13.1. The van der Waals surface area contributed by atoms with Crippen LogP contribution in [0.4, 0.5) is 4.39 Å². The molecule has 1 saturated heterocycles. The summed E-state index contributed by atoms with van der Waals surface area (Å²) in [6.07, 6.45) is 0.589. The highest BCUT2D eigenvalue weighted by molar-refractivity contribution is 8.13. The Kier molecular flexibility index (Phi) is 4.77. The van der Waals surface area contributed by atoms with E-state index in [0.717, 1.165) is 12.1 Å². The Balaban J connectivity index is 2.38. The first-order chi connectivity index (χ1) is 9.74. The third kappa shape index (κ3) is 3.48. The predicted molar refractivity (Wildman–Crippen MR) is 75.8 cm³/mol. The fraction of sp³-hybridized carbons (Fsp3) is 0.417. The molecule has 9 heteroatoms. The molecule has 0 aromatic heterocycles. The number of carbonyl (C=O) groups is 1. The normalized spacial score (nSPS) is 19.0. The molecule has 1 aromatic rings. The number of rotatable bonds is 3. The number of halogens is 3. The van der Waals surface area contributed by atoms with Crippen LogP contribution in [0.25, 0.3) is 0 Å². The molecule has 21 heavy (non-hydrogen) atoms. The Morgan fingerprint density at radius 2 is 2.14 bits per heavy atom. The first kappa shape index (κ1) is 16.5. The molecule has 1 aliphatic rings.